The molecule has 0 radical (unpaired) electrons. The van der Waals surface area contributed by atoms with E-state index in [1.54, 1.807) is 0 Å². The normalized spacial score (nSPS) is 17.5. The number of hydrogen-bond acceptors (Lipinski definition) is 5. The summed E-state index contributed by atoms with van der Waals surface area (Å²) in [4.78, 5) is 22.4. The van der Waals surface area contributed by atoms with Crippen molar-refractivity contribution in [2.45, 2.75) is 50.0 Å². The number of aliphatic carboxylic acids is 2. The van der Waals surface area contributed by atoms with E-state index in [2.05, 4.69) is 29.3 Å². The van der Waals surface area contributed by atoms with Gasteiger partial charge in [-0.1, -0.05) is 36.8 Å². The quantitative estimate of drug-likeness (QED) is 0.512. The van der Waals surface area contributed by atoms with Crippen LogP contribution >= 0.6 is 0 Å². The van der Waals surface area contributed by atoms with Crippen molar-refractivity contribution >= 4 is 17.8 Å². The van der Waals surface area contributed by atoms with Gasteiger partial charge in [0.2, 0.25) is 0 Å². The predicted molar refractivity (Wildman–Crippen MR) is 99.5 cm³/mol. The SMILES string of the molecule is NCC(c1ccccc1)C1CCCCC(N)=N1.O=C(O)C(F)(F)F.O=C(O)C(F)(F)F. The van der Waals surface area contributed by atoms with Gasteiger partial charge in [-0.3, -0.25) is 4.99 Å². The number of carboxylic acids is 2. The summed E-state index contributed by atoms with van der Waals surface area (Å²) >= 11 is 0. The Morgan fingerprint density at radius 3 is 1.84 bits per heavy atom. The second kappa shape index (κ2) is 12.8. The van der Waals surface area contributed by atoms with Crippen molar-refractivity contribution < 1.29 is 46.1 Å². The molecular weight excluding hydrogens is 436 g/mol. The molecule has 0 aliphatic carbocycles. The van der Waals surface area contributed by atoms with Gasteiger partial charge in [-0.2, -0.15) is 26.3 Å². The number of aliphatic imine (C=N–C) groups is 1. The van der Waals surface area contributed by atoms with Crippen LogP contribution in [0.2, 0.25) is 0 Å². The van der Waals surface area contributed by atoms with Gasteiger partial charge in [0.1, 0.15) is 0 Å². The molecule has 2 unspecified atom stereocenters. The Labute approximate surface area is 173 Å². The minimum atomic E-state index is -5.08. The van der Waals surface area contributed by atoms with E-state index in [-0.39, 0.29) is 6.04 Å². The second-order valence-electron chi connectivity index (χ2n) is 6.29. The smallest absolute Gasteiger partial charge is 0.475 e. The van der Waals surface area contributed by atoms with Gasteiger partial charge in [-0.25, -0.2) is 9.59 Å². The van der Waals surface area contributed by atoms with E-state index >= 15 is 0 Å². The topological polar surface area (TPSA) is 139 Å². The maximum Gasteiger partial charge on any atom is 0.490 e. The summed E-state index contributed by atoms with van der Waals surface area (Å²) in [7, 11) is 0. The van der Waals surface area contributed by atoms with Crippen LogP contribution in [-0.2, 0) is 9.59 Å². The molecule has 176 valence electrons. The van der Waals surface area contributed by atoms with E-state index < -0.39 is 24.3 Å². The Hall–Kier alpha value is -2.83. The third-order valence-electron chi connectivity index (χ3n) is 3.95. The third-order valence-corrected chi connectivity index (χ3v) is 3.95. The lowest BCUT2D eigenvalue weighted by molar-refractivity contribution is -0.193. The second-order valence-corrected chi connectivity index (χ2v) is 6.29. The van der Waals surface area contributed by atoms with Crippen LogP contribution in [0, 0.1) is 0 Å². The van der Waals surface area contributed by atoms with Crippen molar-refractivity contribution in [3.05, 3.63) is 35.9 Å². The van der Waals surface area contributed by atoms with Crippen molar-refractivity contribution in [3.63, 3.8) is 0 Å². The van der Waals surface area contributed by atoms with Crippen LogP contribution in [-0.4, -0.2) is 52.9 Å². The summed E-state index contributed by atoms with van der Waals surface area (Å²) in [6.07, 6.45) is -5.80. The lowest BCUT2D eigenvalue weighted by Gasteiger charge is -2.22. The van der Waals surface area contributed by atoms with E-state index in [0.717, 1.165) is 25.1 Å². The van der Waals surface area contributed by atoms with Crippen LogP contribution in [0.4, 0.5) is 26.3 Å². The number of amidine groups is 1. The molecule has 0 bridgehead atoms. The molecule has 31 heavy (non-hydrogen) atoms. The monoisotopic (exact) mass is 459 g/mol. The first-order valence-corrected chi connectivity index (χ1v) is 8.87. The molecule has 6 N–H and O–H groups in total. The van der Waals surface area contributed by atoms with Crippen LogP contribution < -0.4 is 11.5 Å². The molecule has 0 saturated heterocycles. The average Bonchev–Trinajstić information content (AvgIpc) is 2.87. The number of alkyl halides is 6. The van der Waals surface area contributed by atoms with Crippen molar-refractivity contribution in [2.24, 2.45) is 16.5 Å². The zero-order valence-electron chi connectivity index (χ0n) is 16.2. The molecule has 1 aliphatic rings. The predicted octanol–water partition coefficient (Wildman–Crippen LogP) is 3.30. The summed E-state index contributed by atoms with van der Waals surface area (Å²) in [5.74, 6) is -4.42. The van der Waals surface area contributed by atoms with E-state index in [1.807, 2.05) is 6.07 Å². The Kier molecular flexibility index (Phi) is 11.6. The molecule has 0 fully saturated rings. The van der Waals surface area contributed by atoms with Crippen molar-refractivity contribution in [3.8, 4) is 0 Å². The van der Waals surface area contributed by atoms with Crippen LogP contribution in [0.5, 0.6) is 0 Å². The summed E-state index contributed by atoms with van der Waals surface area (Å²) in [5.41, 5.74) is 13.1. The molecule has 0 amide bonds. The van der Waals surface area contributed by atoms with Gasteiger partial charge in [0.15, 0.2) is 0 Å². The molecule has 0 saturated carbocycles. The fourth-order valence-electron chi connectivity index (χ4n) is 2.51. The summed E-state index contributed by atoms with van der Waals surface area (Å²) in [5, 5.41) is 14.2. The number of rotatable bonds is 3. The molecule has 0 spiro atoms. The van der Waals surface area contributed by atoms with E-state index in [1.165, 1.54) is 12.0 Å². The maximum atomic E-state index is 10.6. The van der Waals surface area contributed by atoms with Gasteiger partial charge in [0.25, 0.3) is 0 Å². The Morgan fingerprint density at radius 2 is 1.45 bits per heavy atom. The number of nitrogens with two attached hydrogens (primary N) is 2. The zero-order valence-corrected chi connectivity index (χ0v) is 16.2. The number of carbonyl (C=O) groups is 2. The zero-order chi connectivity index (χ0) is 24.2. The Morgan fingerprint density at radius 1 is 1.00 bits per heavy atom. The van der Waals surface area contributed by atoms with E-state index in [4.69, 9.17) is 31.3 Å². The first kappa shape index (κ1) is 28.2. The molecule has 2 rings (SSSR count). The van der Waals surface area contributed by atoms with E-state index in [0.29, 0.717) is 12.5 Å². The molecule has 0 aromatic heterocycles. The highest BCUT2D eigenvalue weighted by molar-refractivity contribution is 5.80. The van der Waals surface area contributed by atoms with Crippen molar-refractivity contribution in [1.29, 1.82) is 0 Å². The van der Waals surface area contributed by atoms with Gasteiger partial charge >= 0.3 is 24.3 Å². The summed E-state index contributed by atoms with van der Waals surface area (Å²) < 4.78 is 63.5. The van der Waals surface area contributed by atoms with Gasteiger partial charge in [-0.05, 0) is 18.4 Å². The van der Waals surface area contributed by atoms with Gasteiger partial charge in [0.05, 0.1) is 11.9 Å². The Bertz CT molecular complexity index is 699. The molecule has 13 heteroatoms. The number of benzene rings is 1. The van der Waals surface area contributed by atoms with Crippen LogP contribution in [0.15, 0.2) is 35.3 Å². The fraction of sp³-hybridized carbons (Fsp3) is 0.500. The summed E-state index contributed by atoms with van der Waals surface area (Å²) in [6, 6.07) is 10.7. The number of nitrogens with zero attached hydrogens (tertiary/aromatic N) is 1. The van der Waals surface area contributed by atoms with Gasteiger partial charge < -0.3 is 21.7 Å². The van der Waals surface area contributed by atoms with Crippen LogP contribution in [0.25, 0.3) is 0 Å². The third kappa shape index (κ3) is 11.8. The molecule has 7 nitrogen and oxygen atoms in total. The maximum absolute atomic E-state index is 10.6. The minimum Gasteiger partial charge on any atom is -0.475 e. The molecule has 2 atom stereocenters. The Balaban J connectivity index is 0.000000536. The molecule has 1 aromatic rings. The molecule has 1 aromatic carbocycles. The van der Waals surface area contributed by atoms with Crippen molar-refractivity contribution in [2.75, 3.05) is 6.54 Å². The first-order chi connectivity index (χ1) is 14.2. The number of hydrogen-bond donors (Lipinski definition) is 4. The van der Waals surface area contributed by atoms with Gasteiger partial charge in [-0.15, -0.1) is 0 Å². The largest absolute Gasteiger partial charge is 0.490 e. The standard InChI is InChI=1S/C14H21N3.2C2HF3O2/c15-10-12(11-6-2-1-3-7-11)13-8-4-5-9-14(16)17-13;2*3-2(4,5)1(6)7/h1-3,6-7,12-13H,4-5,8-10,15H2,(H2,16,17);2*(H,6,7). The lowest BCUT2D eigenvalue weighted by Crippen LogP contribution is -2.26. The fourth-order valence-corrected chi connectivity index (χ4v) is 2.51. The first-order valence-electron chi connectivity index (χ1n) is 8.87. The average molecular weight is 459 g/mol. The van der Waals surface area contributed by atoms with Crippen LogP contribution in [0.3, 0.4) is 0 Å². The minimum absolute atomic E-state index is 0.255. The van der Waals surface area contributed by atoms with Crippen LogP contribution in [0.1, 0.15) is 37.2 Å². The highest BCUT2D eigenvalue weighted by atomic mass is 19.4. The van der Waals surface area contributed by atoms with Gasteiger partial charge in [0, 0.05) is 18.9 Å². The lowest BCUT2D eigenvalue weighted by atomic mass is 9.89. The van der Waals surface area contributed by atoms with E-state index in [9.17, 15) is 26.3 Å². The number of carboxylic acid groups (broad SMARTS) is 2. The molecular formula is C18H23F6N3O4. The highest BCUT2D eigenvalue weighted by Gasteiger charge is 2.38. The molecule has 1 aliphatic heterocycles. The highest BCUT2D eigenvalue weighted by Crippen LogP contribution is 2.26. The van der Waals surface area contributed by atoms with Crippen molar-refractivity contribution in [1.82, 2.24) is 0 Å². The molecule has 1 heterocycles. The summed E-state index contributed by atoms with van der Waals surface area (Å²) in [6.45, 7) is 0.630. The number of halogens is 6.